The lowest BCUT2D eigenvalue weighted by atomic mass is 9.84. The lowest BCUT2D eigenvalue weighted by molar-refractivity contribution is -0.139. The number of carbonyl (C=O) groups is 2. The quantitative estimate of drug-likeness (QED) is 0.381. The molecule has 0 fully saturated rings. The molecular weight excluding hydrogens is 333 g/mol. The van der Waals surface area contributed by atoms with Crippen LogP contribution in [0.25, 0.3) is 0 Å². The molecule has 0 radical (unpaired) electrons. The highest BCUT2D eigenvalue weighted by atomic mass is 19.4. The van der Waals surface area contributed by atoms with Gasteiger partial charge in [-0.3, -0.25) is 4.79 Å². The number of rotatable bonds is 8. The predicted octanol–water partition coefficient (Wildman–Crippen LogP) is 4.83. The fraction of sp³-hybridized carbons (Fsp3) is 0.368. The van der Waals surface area contributed by atoms with Crippen LogP contribution in [-0.2, 0) is 20.5 Å². The molecule has 1 unspecified atom stereocenters. The van der Waals surface area contributed by atoms with Gasteiger partial charge in [-0.25, -0.2) is 4.79 Å². The van der Waals surface area contributed by atoms with Gasteiger partial charge in [-0.1, -0.05) is 38.6 Å². The molecule has 1 aromatic carbocycles. The molecule has 0 aliphatic rings. The first kappa shape index (κ1) is 20.7. The normalized spacial score (nSPS) is 12.4. The van der Waals surface area contributed by atoms with Gasteiger partial charge < -0.3 is 4.74 Å². The summed E-state index contributed by atoms with van der Waals surface area (Å²) in [6.45, 7) is 10.8. The highest BCUT2D eigenvalue weighted by Gasteiger charge is 2.32. The van der Waals surface area contributed by atoms with Gasteiger partial charge in [-0.2, -0.15) is 13.2 Å². The van der Waals surface area contributed by atoms with Crippen molar-refractivity contribution in [2.45, 2.75) is 38.8 Å². The third-order valence-electron chi connectivity index (χ3n) is 3.71. The van der Waals surface area contributed by atoms with E-state index in [9.17, 15) is 22.8 Å². The summed E-state index contributed by atoms with van der Waals surface area (Å²) >= 11 is 0. The van der Waals surface area contributed by atoms with Crippen LogP contribution in [0.2, 0.25) is 0 Å². The van der Waals surface area contributed by atoms with Crippen LogP contribution in [0.15, 0.2) is 48.6 Å². The molecule has 0 spiro atoms. The lowest BCUT2D eigenvalue weighted by Crippen LogP contribution is -2.19. The van der Waals surface area contributed by atoms with E-state index in [-0.39, 0.29) is 23.5 Å². The van der Waals surface area contributed by atoms with Crippen molar-refractivity contribution in [1.29, 1.82) is 0 Å². The molecule has 0 heterocycles. The van der Waals surface area contributed by atoms with Gasteiger partial charge in [0.2, 0.25) is 0 Å². The van der Waals surface area contributed by atoms with E-state index in [2.05, 4.69) is 13.2 Å². The molecule has 3 nitrogen and oxygen atoms in total. The average molecular weight is 354 g/mol. The highest BCUT2D eigenvalue weighted by molar-refractivity contribution is 5.99. The minimum atomic E-state index is -4.47. The molecule has 1 atom stereocenters. The van der Waals surface area contributed by atoms with Gasteiger partial charge in [0.25, 0.3) is 0 Å². The third kappa shape index (κ3) is 5.59. The Balaban J connectivity index is 3.13. The lowest BCUT2D eigenvalue weighted by Gasteiger charge is -2.21. The maximum Gasteiger partial charge on any atom is 0.416 e. The predicted molar refractivity (Wildman–Crippen MR) is 89.0 cm³/mol. The number of allylic oxidation sites excluding steroid dienone is 1. The smallest absolute Gasteiger partial charge is 0.416 e. The van der Waals surface area contributed by atoms with Crippen molar-refractivity contribution in [3.05, 3.63) is 59.7 Å². The van der Waals surface area contributed by atoms with E-state index in [1.807, 2.05) is 6.92 Å². The highest BCUT2D eigenvalue weighted by Crippen LogP contribution is 2.34. The minimum Gasteiger partial charge on any atom is -0.462 e. The molecule has 25 heavy (non-hydrogen) atoms. The van der Waals surface area contributed by atoms with Crippen molar-refractivity contribution in [1.82, 2.24) is 0 Å². The molecule has 1 rings (SSSR count). The summed E-state index contributed by atoms with van der Waals surface area (Å²) in [7, 11) is 0. The second-order valence-electron chi connectivity index (χ2n) is 5.65. The zero-order valence-electron chi connectivity index (χ0n) is 14.3. The number of carbonyl (C=O) groups excluding carboxylic acids is 2. The summed E-state index contributed by atoms with van der Waals surface area (Å²) in [6.07, 6.45) is -2.96. The second-order valence-corrected chi connectivity index (χ2v) is 5.65. The number of ketones is 1. The van der Waals surface area contributed by atoms with Gasteiger partial charge >= 0.3 is 12.1 Å². The van der Waals surface area contributed by atoms with Crippen molar-refractivity contribution in [3.8, 4) is 0 Å². The standard InChI is InChI=1S/C19H21F3O3/c1-5-6-11-25-18(24)13(3)17(12(2)14(4)23)15-7-9-16(10-8-15)19(20,21)22/h7-10,17H,2-3,5-6,11H2,1,4H3. The number of alkyl halides is 3. The van der Waals surface area contributed by atoms with Crippen LogP contribution in [0.3, 0.4) is 0 Å². The Hall–Kier alpha value is -2.37. The fourth-order valence-corrected chi connectivity index (χ4v) is 2.20. The number of unbranched alkanes of at least 4 members (excludes halogenated alkanes) is 1. The summed E-state index contributed by atoms with van der Waals surface area (Å²) < 4.78 is 43.2. The Bertz CT molecular complexity index is 657. The number of benzene rings is 1. The number of hydrogen-bond acceptors (Lipinski definition) is 3. The van der Waals surface area contributed by atoms with E-state index in [4.69, 9.17) is 4.74 Å². The first-order chi connectivity index (χ1) is 11.6. The van der Waals surface area contributed by atoms with Crippen LogP contribution in [-0.4, -0.2) is 18.4 Å². The Kier molecular flexibility index (Phi) is 7.15. The van der Waals surface area contributed by atoms with Crippen LogP contribution < -0.4 is 0 Å². The number of esters is 1. The van der Waals surface area contributed by atoms with Gasteiger partial charge in [0, 0.05) is 11.5 Å². The Labute approximate surface area is 145 Å². The van der Waals surface area contributed by atoms with Gasteiger partial charge in [0.05, 0.1) is 12.2 Å². The molecule has 0 N–H and O–H groups in total. The van der Waals surface area contributed by atoms with E-state index >= 15 is 0 Å². The van der Waals surface area contributed by atoms with Crippen molar-refractivity contribution in [3.63, 3.8) is 0 Å². The molecule has 0 saturated carbocycles. The van der Waals surface area contributed by atoms with Gasteiger partial charge in [0.15, 0.2) is 5.78 Å². The number of ether oxygens (including phenoxy) is 1. The Morgan fingerprint density at radius 2 is 1.68 bits per heavy atom. The van der Waals surface area contributed by atoms with Crippen molar-refractivity contribution < 1.29 is 27.5 Å². The Morgan fingerprint density at radius 3 is 2.12 bits per heavy atom. The maximum atomic E-state index is 12.7. The molecule has 6 heteroatoms. The number of hydrogen-bond donors (Lipinski definition) is 0. The topological polar surface area (TPSA) is 43.4 Å². The zero-order valence-corrected chi connectivity index (χ0v) is 14.3. The molecule has 0 bridgehead atoms. The van der Waals surface area contributed by atoms with Crippen LogP contribution in [0.4, 0.5) is 13.2 Å². The summed E-state index contributed by atoms with van der Waals surface area (Å²) in [5.41, 5.74) is -0.460. The average Bonchev–Trinajstić information content (AvgIpc) is 2.54. The number of Topliss-reactive ketones (excluding diaryl/α,β-unsaturated/α-hetero) is 1. The molecule has 136 valence electrons. The van der Waals surface area contributed by atoms with Gasteiger partial charge in [-0.05, 0) is 36.6 Å². The molecule has 0 saturated heterocycles. The van der Waals surface area contributed by atoms with E-state index in [1.54, 1.807) is 0 Å². The van der Waals surface area contributed by atoms with Crippen LogP contribution in [0.5, 0.6) is 0 Å². The fourth-order valence-electron chi connectivity index (χ4n) is 2.20. The molecular formula is C19H21F3O3. The summed E-state index contributed by atoms with van der Waals surface area (Å²) in [6, 6.07) is 4.22. The number of halogens is 3. The van der Waals surface area contributed by atoms with Gasteiger partial charge in [-0.15, -0.1) is 0 Å². The van der Waals surface area contributed by atoms with E-state index in [0.717, 1.165) is 18.6 Å². The summed E-state index contributed by atoms with van der Waals surface area (Å²) in [5, 5.41) is 0. The van der Waals surface area contributed by atoms with Crippen LogP contribution in [0, 0.1) is 0 Å². The van der Waals surface area contributed by atoms with Crippen LogP contribution >= 0.6 is 0 Å². The van der Waals surface area contributed by atoms with Crippen molar-refractivity contribution in [2.75, 3.05) is 6.61 Å². The second kappa shape index (κ2) is 8.65. The monoisotopic (exact) mass is 354 g/mol. The maximum absolute atomic E-state index is 12.7. The van der Waals surface area contributed by atoms with Crippen molar-refractivity contribution >= 4 is 11.8 Å². The van der Waals surface area contributed by atoms with E-state index in [0.29, 0.717) is 12.0 Å². The van der Waals surface area contributed by atoms with Crippen LogP contribution in [0.1, 0.15) is 43.7 Å². The SMILES string of the molecule is C=C(C(C)=O)C(C(=C)C(=O)OCCCC)c1ccc(C(F)(F)F)cc1. The van der Waals surface area contributed by atoms with Crippen molar-refractivity contribution in [2.24, 2.45) is 0 Å². The molecule has 0 aliphatic carbocycles. The first-order valence-electron chi connectivity index (χ1n) is 7.82. The minimum absolute atomic E-state index is 0.0314. The van der Waals surface area contributed by atoms with Gasteiger partial charge in [0.1, 0.15) is 0 Å². The Morgan fingerprint density at radius 1 is 1.12 bits per heavy atom. The van der Waals surface area contributed by atoms with E-state index < -0.39 is 23.6 Å². The summed E-state index contributed by atoms with van der Waals surface area (Å²) in [5.74, 6) is -2.00. The molecule has 0 aliphatic heterocycles. The van der Waals surface area contributed by atoms with E-state index in [1.165, 1.54) is 19.1 Å². The largest absolute Gasteiger partial charge is 0.462 e. The molecule has 0 aromatic heterocycles. The first-order valence-corrected chi connectivity index (χ1v) is 7.82. The third-order valence-corrected chi connectivity index (χ3v) is 3.71. The summed E-state index contributed by atoms with van der Waals surface area (Å²) in [4.78, 5) is 23.8. The molecule has 1 aromatic rings. The zero-order chi connectivity index (χ0) is 19.2. The molecule has 0 amide bonds.